The van der Waals surface area contributed by atoms with Crippen molar-refractivity contribution in [3.63, 3.8) is 0 Å². The zero-order valence-corrected chi connectivity index (χ0v) is 13.9. The zero-order chi connectivity index (χ0) is 17.6. The second-order valence-corrected chi connectivity index (χ2v) is 5.59. The summed E-state index contributed by atoms with van der Waals surface area (Å²) < 4.78 is 19.1. The lowest BCUT2D eigenvalue weighted by atomic mass is 10.2. The van der Waals surface area contributed by atoms with Gasteiger partial charge in [-0.05, 0) is 23.8 Å². The molecule has 0 aliphatic carbocycles. The standard InChI is InChI=1S/C19H18FN3O2/c1-25-11-10-23(13-14-4-3-9-21-12-14)19(24)17-8-7-15-5-2-6-16(20)18(15)22-17/h2-9,12H,10-11,13H2,1H3. The third-order valence-electron chi connectivity index (χ3n) is 3.84. The Morgan fingerprint density at radius 1 is 1.20 bits per heavy atom. The summed E-state index contributed by atoms with van der Waals surface area (Å²) in [6.45, 7) is 1.18. The van der Waals surface area contributed by atoms with Crippen LogP contribution in [0.4, 0.5) is 4.39 Å². The number of hydrogen-bond acceptors (Lipinski definition) is 4. The molecule has 2 heterocycles. The molecule has 1 amide bonds. The number of amides is 1. The fraction of sp³-hybridized carbons (Fsp3) is 0.211. The minimum atomic E-state index is -0.442. The van der Waals surface area contributed by atoms with E-state index in [9.17, 15) is 9.18 Å². The molecule has 0 radical (unpaired) electrons. The van der Waals surface area contributed by atoms with Gasteiger partial charge in [0, 0.05) is 38.0 Å². The number of carbonyl (C=O) groups is 1. The smallest absolute Gasteiger partial charge is 0.272 e. The van der Waals surface area contributed by atoms with Crippen LogP contribution in [0, 0.1) is 5.82 Å². The van der Waals surface area contributed by atoms with E-state index in [0.29, 0.717) is 25.1 Å². The van der Waals surface area contributed by atoms with E-state index in [0.717, 1.165) is 5.56 Å². The minimum Gasteiger partial charge on any atom is -0.383 e. The van der Waals surface area contributed by atoms with Gasteiger partial charge in [0.05, 0.1) is 6.61 Å². The number of pyridine rings is 2. The van der Waals surface area contributed by atoms with Crippen molar-refractivity contribution in [2.45, 2.75) is 6.54 Å². The van der Waals surface area contributed by atoms with Crippen molar-refractivity contribution < 1.29 is 13.9 Å². The number of nitrogens with zero attached hydrogens (tertiary/aromatic N) is 3. The van der Waals surface area contributed by atoms with Crippen LogP contribution in [0.15, 0.2) is 54.9 Å². The lowest BCUT2D eigenvalue weighted by Crippen LogP contribution is -2.34. The van der Waals surface area contributed by atoms with Gasteiger partial charge in [0.2, 0.25) is 0 Å². The van der Waals surface area contributed by atoms with Crippen LogP contribution in [0.1, 0.15) is 16.1 Å². The average Bonchev–Trinajstić information content (AvgIpc) is 2.65. The predicted octanol–water partition coefficient (Wildman–Crippen LogP) is 3.06. The van der Waals surface area contributed by atoms with Crippen molar-refractivity contribution >= 4 is 16.8 Å². The Balaban J connectivity index is 1.89. The van der Waals surface area contributed by atoms with E-state index < -0.39 is 5.82 Å². The van der Waals surface area contributed by atoms with Crippen LogP contribution in [-0.2, 0) is 11.3 Å². The number of ether oxygens (including phenoxy) is 1. The molecule has 6 heteroatoms. The average molecular weight is 339 g/mol. The third kappa shape index (κ3) is 3.97. The topological polar surface area (TPSA) is 55.3 Å². The second kappa shape index (κ2) is 7.81. The van der Waals surface area contributed by atoms with Crippen molar-refractivity contribution in [3.05, 3.63) is 71.9 Å². The molecule has 25 heavy (non-hydrogen) atoms. The van der Waals surface area contributed by atoms with Gasteiger partial charge in [-0.15, -0.1) is 0 Å². The highest BCUT2D eigenvalue weighted by atomic mass is 19.1. The van der Waals surface area contributed by atoms with Gasteiger partial charge < -0.3 is 9.64 Å². The number of para-hydroxylation sites is 1. The van der Waals surface area contributed by atoms with E-state index >= 15 is 0 Å². The van der Waals surface area contributed by atoms with Crippen LogP contribution in [0.25, 0.3) is 10.9 Å². The summed E-state index contributed by atoms with van der Waals surface area (Å²) in [5.74, 6) is -0.714. The Bertz CT molecular complexity index is 871. The summed E-state index contributed by atoms with van der Waals surface area (Å²) in [6, 6.07) is 11.8. The summed E-state index contributed by atoms with van der Waals surface area (Å²) in [7, 11) is 1.58. The van der Waals surface area contributed by atoms with Gasteiger partial charge in [-0.2, -0.15) is 0 Å². The van der Waals surface area contributed by atoms with Crippen molar-refractivity contribution in [2.24, 2.45) is 0 Å². The summed E-state index contributed by atoms with van der Waals surface area (Å²) in [6.07, 6.45) is 3.39. The monoisotopic (exact) mass is 339 g/mol. The maximum atomic E-state index is 14.0. The first-order valence-electron chi connectivity index (χ1n) is 7.91. The number of benzene rings is 1. The molecule has 3 rings (SSSR count). The molecule has 0 bridgehead atoms. The lowest BCUT2D eigenvalue weighted by Gasteiger charge is -2.22. The molecule has 0 saturated heterocycles. The van der Waals surface area contributed by atoms with Crippen LogP contribution in [-0.4, -0.2) is 41.0 Å². The molecule has 0 saturated carbocycles. The van der Waals surface area contributed by atoms with E-state index in [2.05, 4.69) is 9.97 Å². The molecule has 3 aromatic rings. The molecular formula is C19H18FN3O2. The van der Waals surface area contributed by atoms with Gasteiger partial charge >= 0.3 is 0 Å². The largest absolute Gasteiger partial charge is 0.383 e. The molecule has 5 nitrogen and oxygen atoms in total. The fourth-order valence-corrected chi connectivity index (χ4v) is 2.56. The van der Waals surface area contributed by atoms with Gasteiger partial charge in [0.25, 0.3) is 5.91 Å². The van der Waals surface area contributed by atoms with Crippen LogP contribution in [0.2, 0.25) is 0 Å². The first-order valence-corrected chi connectivity index (χ1v) is 7.91. The highest BCUT2D eigenvalue weighted by Crippen LogP contribution is 2.17. The van der Waals surface area contributed by atoms with Crippen molar-refractivity contribution in [1.82, 2.24) is 14.9 Å². The first-order chi connectivity index (χ1) is 12.2. The Morgan fingerprint density at radius 2 is 2.08 bits per heavy atom. The Morgan fingerprint density at radius 3 is 2.84 bits per heavy atom. The molecule has 2 aromatic heterocycles. The van der Waals surface area contributed by atoms with Crippen LogP contribution < -0.4 is 0 Å². The quantitative estimate of drug-likeness (QED) is 0.693. The van der Waals surface area contributed by atoms with Crippen LogP contribution in [0.3, 0.4) is 0 Å². The maximum absolute atomic E-state index is 14.0. The van der Waals surface area contributed by atoms with Gasteiger partial charge in [0.15, 0.2) is 0 Å². The molecule has 0 aliphatic heterocycles. The molecular weight excluding hydrogens is 321 g/mol. The lowest BCUT2D eigenvalue weighted by molar-refractivity contribution is 0.0675. The summed E-state index contributed by atoms with van der Waals surface area (Å²) in [5.41, 5.74) is 1.30. The van der Waals surface area contributed by atoms with Gasteiger partial charge in [-0.1, -0.05) is 24.3 Å². The highest BCUT2D eigenvalue weighted by Gasteiger charge is 2.18. The number of fused-ring (bicyclic) bond motifs is 1. The predicted molar refractivity (Wildman–Crippen MR) is 92.6 cm³/mol. The summed E-state index contributed by atoms with van der Waals surface area (Å²) in [4.78, 5) is 22.8. The third-order valence-corrected chi connectivity index (χ3v) is 3.84. The van der Waals surface area contributed by atoms with E-state index in [4.69, 9.17) is 4.74 Å². The minimum absolute atomic E-state index is 0.196. The Labute approximate surface area is 145 Å². The van der Waals surface area contributed by atoms with Crippen molar-refractivity contribution in [2.75, 3.05) is 20.3 Å². The maximum Gasteiger partial charge on any atom is 0.272 e. The molecule has 0 unspecified atom stereocenters. The molecule has 0 aliphatic rings. The first kappa shape index (κ1) is 17.0. The van der Waals surface area contributed by atoms with Crippen LogP contribution in [0.5, 0.6) is 0 Å². The molecule has 0 spiro atoms. The number of hydrogen-bond donors (Lipinski definition) is 0. The Hall–Kier alpha value is -2.86. The SMILES string of the molecule is COCCN(Cc1cccnc1)C(=O)c1ccc2cccc(F)c2n1. The van der Waals surface area contributed by atoms with E-state index in [-0.39, 0.29) is 17.1 Å². The van der Waals surface area contributed by atoms with Crippen molar-refractivity contribution in [1.29, 1.82) is 0 Å². The van der Waals surface area contributed by atoms with Gasteiger partial charge in [-0.25, -0.2) is 9.37 Å². The molecule has 128 valence electrons. The zero-order valence-electron chi connectivity index (χ0n) is 13.9. The summed E-state index contributed by atoms with van der Waals surface area (Å²) >= 11 is 0. The number of aromatic nitrogens is 2. The van der Waals surface area contributed by atoms with Gasteiger partial charge in [-0.3, -0.25) is 9.78 Å². The number of rotatable bonds is 6. The summed E-state index contributed by atoms with van der Waals surface area (Å²) in [5, 5.41) is 0.659. The number of carbonyl (C=O) groups excluding carboxylic acids is 1. The van der Waals surface area contributed by atoms with Crippen molar-refractivity contribution in [3.8, 4) is 0 Å². The normalized spacial score (nSPS) is 10.8. The van der Waals surface area contributed by atoms with Gasteiger partial charge in [0.1, 0.15) is 17.0 Å². The molecule has 0 N–H and O–H groups in total. The van der Waals surface area contributed by atoms with Crippen LogP contribution >= 0.6 is 0 Å². The van der Waals surface area contributed by atoms with E-state index in [1.165, 1.54) is 6.07 Å². The molecule has 1 aromatic carbocycles. The fourth-order valence-electron chi connectivity index (χ4n) is 2.56. The number of methoxy groups -OCH3 is 1. The second-order valence-electron chi connectivity index (χ2n) is 5.59. The van der Waals surface area contributed by atoms with E-state index in [1.807, 2.05) is 12.1 Å². The number of halogens is 1. The highest BCUT2D eigenvalue weighted by molar-refractivity contribution is 5.95. The Kier molecular flexibility index (Phi) is 5.30. The van der Waals surface area contributed by atoms with E-state index in [1.54, 1.807) is 48.7 Å². The molecule has 0 fully saturated rings. The molecule has 0 atom stereocenters.